The number of ketones is 1. The number of hydrogen-bond acceptors (Lipinski definition) is 8. The molecule has 9 heteroatoms. The van der Waals surface area contributed by atoms with Gasteiger partial charge in [-0.05, 0) is 70.0 Å². The van der Waals surface area contributed by atoms with Gasteiger partial charge in [-0.15, -0.1) is 0 Å². The molecular formula is C27H35N7OS. The maximum atomic E-state index is 12.2. The smallest absolute Gasteiger partial charge is 0.196 e. The Labute approximate surface area is 217 Å². The van der Waals surface area contributed by atoms with Gasteiger partial charge in [0, 0.05) is 66.8 Å². The fraction of sp³-hybridized carbons (Fsp3) is 0.481. The van der Waals surface area contributed by atoms with Crippen LogP contribution >= 0.6 is 11.8 Å². The Hall–Kier alpha value is -2.91. The van der Waals surface area contributed by atoms with Crippen LogP contribution in [0.25, 0.3) is 0 Å². The highest BCUT2D eigenvalue weighted by Crippen LogP contribution is 2.34. The number of anilines is 3. The number of piperazine rings is 1. The van der Waals surface area contributed by atoms with Gasteiger partial charge < -0.3 is 10.2 Å². The first kappa shape index (κ1) is 24.8. The summed E-state index contributed by atoms with van der Waals surface area (Å²) in [6, 6.07) is 10.7. The molecule has 0 spiro atoms. The third kappa shape index (κ3) is 5.90. The molecule has 0 bridgehead atoms. The molecular weight excluding hydrogens is 470 g/mol. The van der Waals surface area contributed by atoms with Crippen molar-refractivity contribution in [3.8, 4) is 0 Å². The molecule has 1 saturated heterocycles. The number of H-pyrrole nitrogens is 1. The van der Waals surface area contributed by atoms with Gasteiger partial charge in [0.05, 0.1) is 0 Å². The average molecular weight is 506 g/mol. The number of carbonyl (C=O) groups excluding carboxylic acids is 1. The Bertz CT molecular complexity index is 1210. The molecule has 8 nitrogen and oxygen atoms in total. The monoisotopic (exact) mass is 505 g/mol. The number of benzene rings is 1. The summed E-state index contributed by atoms with van der Waals surface area (Å²) >= 11 is 1.54. The summed E-state index contributed by atoms with van der Waals surface area (Å²) in [6.45, 7) is 12.5. The van der Waals surface area contributed by atoms with Crippen molar-refractivity contribution in [2.75, 3.05) is 36.4 Å². The predicted octanol–water partition coefficient (Wildman–Crippen LogP) is 4.76. The fourth-order valence-electron chi connectivity index (χ4n) is 4.55. The van der Waals surface area contributed by atoms with Gasteiger partial charge in [0.25, 0.3) is 0 Å². The Morgan fingerprint density at radius 3 is 2.44 bits per heavy atom. The molecule has 2 aromatic heterocycles. The van der Waals surface area contributed by atoms with Crippen molar-refractivity contribution in [3.63, 3.8) is 0 Å². The summed E-state index contributed by atoms with van der Waals surface area (Å²) in [5.74, 6) is 3.14. The van der Waals surface area contributed by atoms with E-state index in [0.29, 0.717) is 29.3 Å². The van der Waals surface area contributed by atoms with Crippen molar-refractivity contribution in [3.05, 3.63) is 47.2 Å². The van der Waals surface area contributed by atoms with Crippen LogP contribution in [-0.2, 0) is 11.2 Å². The maximum absolute atomic E-state index is 12.2. The van der Waals surface area contributed by atoms with E-state index in [1.165, 1.54) is 0 Å². The predicted molar refractivity (Wildman–Crippen MR) is 144 cm³/mol. The van der Waals surface area contributed by atoms with Gasteiger partial charge in [-0.3, -0.25) is 14.8 Å². The molecule has 0 amide bonds. The highest BCUT2D eigenvalue weighted by Gasteiger charge is 2.29. The summed E-state index contributed by atoms with van der Waals surface area (Å²) in [5, 5.41) is 11.4. The summed E-state index contributed by atoms with van der Waals surface area (Å²) in [6.07, 6.45) is 2.64. The van der Waals surface area contributed by atoms with Gasteiger partial charge >= 0.3 is 0 Å². The molecule has 2 N–H and O–H groups in total. The number of carbonyl (C=O) groups is 1. The number of aromatic amines is 1. The van der Waals surface area contributed by atoms with Crippen LogP contribution in [0, 0.1) is 19.8 Å². The van der Waals surface area contributed by atoms with Crippen molar-refractivity contribution in [2.45, 2.75) is 63.1 Å². The number of nitrogens with zero attached hydrogens (tertiary/aromatic N) is 5. The molecule has 1 aliphatic heterocycles. The minimum absolute atomic E-state index is 0.296. The molecule has 2 aliphatic rings. The molecule has 0 atom stereocenters. The van der Waals surface area contributed by atoms with E-state index in [4.69, 9.17) is 9.97 Å². The van der Waals surface area contributed by atoms with Crippen molar-refractivity contribution in [1.82, 2.24) is 25.1 Å². The van der Waals surface area contributed by atoms with Gasteiger partial charge in [0.15, 0.2) is 11.0 Å². The zero-order chi connectivity index (χ0) is 25.2. The third-order valence-electron chi connectivity index (χ3n) is 6.94. The topological polar surface area (TPSA) is 90.0 Å². The first-order valence-electron chi connectivity index (χ1n) is 12.8. The number of hydrogen-bond donors (Lipinski definition) is 2. The first-order chi connectivity index (χ1) is 17.4. The van der Waals surface area contributed by atoms with E-state index in [2.05, 4.69) is 70.4 Å². The molecule has 3 aromatic rings. The van der Waals surface area contributed by atoms with Crippen LogP contribution in [0.15, 0.2) is 40.4 Å². The normalized spacial score (nSPS) is 16.5. The third-order valence-corrected chi connectivity index (χ3v) is 7.81. The number of aromatic nitrogens is 4. The second kappa shape index (κ2) is 10.6. The van der Waals surface area contributed by atoms with E-state index >= 15 is 0 Å². The van der Waals surface area contributed by atoms with Gasteiger partial charge in [-0.25, -0.2) is 9.97 Å². The molecule has 1 aliphatic carbocycles. The van der Waals surface area contributed by atoms with E-state index in [1.807, 2.05) is 13.0 Å². The molecule has 0 unspecified atom stereocenters. The van der Waals surface area contributed by atoms with Gasteiger partial charge in [0.2, 0.25) is 0 Å². The van der Waals surface area contributed by atoms with Gasteiger partial charge in [0.1, 0.15) is 17.4 Å². The van der Waals surface area contributed by atoms with E-state index in [1.54, 1.807) is 11.8 Å². The average Bonchev–Trinajstić information content (AvgIpc) is 3.64. The molecule has 0 radical (unpaired) electrons. The Morgan fingerprint density at radius 1 is 1.11 bits per heavy atom. The van der Waals surface area contributed by atoms with E-state index < -0.39 is 0 Å². The van der Waals surface area contributed by atoms with E-state index in [-0.39, 0.29) is 0 Å². The lowest BCUT2D eigenvalue weighted by Gasteiger charge is -2.38. The molecule has 2 fully saturated rings. The van der Waals surface area contributed by atoms with Crippen LogP contribution in [0.4, 0.5) is 17.5 Å². The summed E-state index contributed by atoms with van der Waals surface area (Å²) in [4.78, 5) is 28.0. The van der Waals surface area contributed by atoms with Gasteiger partial charge in [-0.2, -0.15) is 5.10 Å². The Balaban J connectivity index is 1.38. The fourth-order valence-corrected chi connectivity index (χ4v) is 5.30. The van der Waals surface area contributed by atoms with E-state index in [9.17, 15) is 4.79 Å². The molecule has 1 aromatic carbocycles. The van der Waals surface area contributed by atoms with Crippen LogP contribution in [-0.4, -0.2) is 63.1 Å². The maximum Gasteiger partial charge on any atom is 0.196 e. The van der Waals surface area contributed by atoms with Gasteiger partial charge in [-0.1, -0.05) is 12.1 Å². The van der Waals surface area contributed by atoms with Crippen LogP contribution < -0.4 is 10.2 Å². The van der Waals surface area contributed by atoms with Crippen LogP contribution in [0.5, 0.6) is 0 Å². The standard InChI is InChI=1S/C27H35N7OS/c1-17(2)33-11-13-34(14-12-33)26-19(4)25(28-24-15-18(3)31-32-24)29-27(30-26)36-22-9-5-20(6-10-22)16-23(35)21-7-8-21/h5-6,9-10,15,17,21H,7-8,11-14,16H2,1-4H3,(H2,28,29,30,31,32). The summed E-state index contributed by atoms with van der Waals surface area (Å²) in [5.41, 5.74) is 3.08. The minimum atomic E-state index is 0.296. The largest absolute Gasteiger partial charge is 0.354 e. The number of nitrogens with one attached hydrogen (secondary N) is 2. The Kier molecular flexibility index (Phi) is 7.29. The molecule has 1 saturated carbocycles. The Morgan fingerprint density at radius 2 is 1.83 bits per heavy atom. The SMILES string of the molecule is Cc1cc(Nc2nc(Sc3ccc(CC(=O)C4CC4)cc3)nc(N3CCN(C(C)C)CC3)c2C)n[nH]1. The molecule has 5 rings (SSSR count). The second-order valence-electron chi connectivity index (χ2n) is 10.1. The second-order valence-corrected chi connectivity index (χ2v) is 11.2. The first-order valence-corrected chi connectivity index (χ1v) is 13.6. The highest BCUT2D eigenvalue weighted by atomic mass is 32.2. The lowest BCUT2D eigenvalue weighted by molar-refractivity contribution is -0.119. The van der Waals surface area contributed by atoms with Crippen molar-refractivity contribution >= 4 is 35.0 Å². The molecule has 3 heterocycles. The number of Topliss-reactive ketones (excluding diaryl/α,β-unsaturated/α-hetero) is 1. The van der Waals surface area contributed by atoms with Crippen molar-refractivity contribution < 1.29 is 4.79 Å². The highest BCUT2D eigenvalue weighted by molar-refractivity contribution is 7.99. The van der Waals surface area contributed by atoms with Crippen molar-refractivity contribution in [2.24, 2.45) is 5.92 Å². The lowest BCUT2D eigenvalue weighted by Crippen LogP contribution is -2.49. The minimum Gasteiger partial charge on any atom is -0.354 e. The number of rotatable bonds is 9. The van der Waals surface area contributed by atoms with Crippen molar-refractivity contribution in [1.29, 1.82) is 0 Å². The van der Waals surface area contributed by atoms with Crippen LogP contribution in [0.2, 0.25) is 0 Å². The summed E-state index contributed by atoms with van der Waals surface area (Å²) in [7, 11) is 0. The zero-order valence-corrected chi connectivity index (χ0v) is 22.4. The van der Waals surface area contributed by atoms with E-state index in [0.717, 1.165) is 78.2 Å². The van der Waals surface area contributed by atoms with Crippen LogP contribution in [0.3, 0.4) is 0 Å². The molecule has 36 heavy (non-hydrogen) atoms. The zero-order valence-electron chi connectivity index (χ0n) is 21.5. The summed E-state index contributed by atoms with van der Waals surface area (Å²) < 4.78 is 0. The van der Waals surface area contributed by atoms with Crippen LogP contribution in [0.1, 0.15) is 43.5 Å². The quantitative estimate of drug-likeness (QED) is 0.402. The molecule has 190 valence electrons. The lowest BCUT2D eigenvalue weighted by atomic mass is 10.1. The number of aryl methyl sites for hydroxylation is 1.